The smallest absolute Gasteiger partial charge is 0.411 e. The molecule has 0 N–H and O–H groups in total. The Bertz CT molecular complexity index is 752. The summed E-state index contributed by atoms with van der Waals surface area (Å²) in [5.41, 5.74) is 3.58. The van der Waals surface area contributed by atoms with Crippen LogP contribution in [0.2, 0.25) is 0 Å². The number of aryl methyl sites for hydroxylation is 1. The molecule has 132 valence electrons. The fourth-order valence-corrected chi connectivity index (χ4v) is 3.85. The van der Waals surface area contributed by atoms with Gasteiger partial charge in [-0.2, -0.15) is 5.26 Å². The number of carbonyl (C=O) groups is 1. The zero-order chi connectivity index (χ0) is 18.2. The molecule has 2 aliphatic rings. The van der Waals surface area contributed by atoms with Crippen molar-refractivity contribution in [3.63, 3.8) is 0 Å². The van der Waals surface area contributed by atoms with E-state index in [2.05, 4.69) is 18.2 Å². The van der Waals surface area contributed by atoms with Gasteiger partial charge in [0.05, 0.1) is 17.7 Å². The van der Waals surface area contributed by atoms with Crippen LogP contribution in [0.4, 0.5) is 4.79 Å². The number of carbonyl (C=O) groups excluding carboxylic acids is 1. The maximum atomic E-state index is 12.7. The second-order valence-electron chi connectivity index (χ2n) is 8.10. The maximum Gasteiger partial charge on any atom is 0.411 e. The van der Waals surface area contributed by atoms with Crippen molar-refractivity contribution in [2.75, 3.05) is 0 Å². The summed E-state index contributed by atoms with van der Waals surface area (Å²) >= 11 is 0. The molecule has 1 amide bonds. The van der Waals surface area contributed by atoms with E-state index in [0.717, 1.165) is 36.8 Å². The predicted molar refractivity (Wildman–Crippen MR) is 98.0 cm³/mol. The van der Waals surface area contributed by atoms with Gasteiger partial charge in [-0.15, -0.1) is 0 Å². The Hall–Kier alpha value is -2.28. The topological polar surface area (TPSA) is 53.3 Å². The molecule has 4 nitrogen and oxygen atoms in total. The number of nitrogens with zero attached hydrogens (tertiary/aromatic N) is 2. The lowest BCUT2D eigenvalue weighted by atomic mass is 9.82. The van der Waals surface area contributed by atoms with Crippen molar-refractivity contribution < 1.29 is 9.53 Å². The first-order valence-corrected chi connectivity index (χ1v) is 9.01. The van der Waals surface area contributed by atoms with Gasteiger partial charge in [0.2, 0.25) is 0 Å². The lowest BCUT2D eigenvalue weighted by molar-refractivity contribution is 0.0000847. The maximum absolute atomic E-state index is 12.7. The Kier molecular flexibility index (Phi) is 4.60. The molecule has 1 fully saturated rings. The zero-order valence-electron chi connectivity index (χ0n) is 15.5. The van der Waals surface area contributed by atoms with Gasteiger partial charge in [-0.3, -0.25) is 4.90 Å². The number of rotatable bonds is 1. The first-order valence-electron chi connectivity index (χ1n) is 9.01. The van der Waals surface area contributed by atoms with E-state index in [4.69, 9.17) is 4.74 Å². The number of piperidine rings is 1. The van der Waals surface area contributed by atoms with Crippen molar-refractivity contribution in [1.29, 1.82) is 5.26 Å². The van der Waals surface area contributed by atoms with Gasteiger partial charge in [0.25, 0.3) is 0 Å². The first kappa shape index (κ1) is 17.5. The molecule has 0 aromatic heterocycles. The van der Waals surface area contributed by atoms with E-state index in [0.29, 0.717) is 5.56 Å². The Morgan fingerprint density at radius 2 is 2.08 bits per heavy atom. The van der Waals surface area contributed by atoms with Crippen LogP contribution in [0.15, 0.2) is 24.3 Å². The second-order valence-corrected chi connectivity index (χ2v) is 8.10. The van der Waals surface area contributed by atoms with Gasteiger partial charge in [-0.1, -0.05) is 23.8 Å². The minimum atomic E-state index is -0.486. The van der Waals surface area contributed by atoms with E-state index >= 15 is 0 Å². The van der Waals surface area contributed by atoms with Crippen LogP contribution in [0, 0.1) is 18.3 Å². The molecule has 0 spiro atoms. The van der Waals surface area contributed by atoms with Crippen LogP contribution in [0.1, 0.15) is 63.1 Å². The number of hydrogen-bond donors (Lipinski definition) is 0. The van der Waals surface area contributed by atoms with Gasteiger partial charge in [-0.05, 0) is 70.6 Å². The van der Waals surface area contributed by atoms with Gasteiger partial charge in [0, 0.05) is 6.04 Å². The lowest BCUT2D eigenvalue weighted by Gasteiger charge is -2.45. The fraction of sp³-hybridized carbons (Fsp3) is 0.524. The number of fused-ring (bicyclic) bond motifs is 2. The molecule has 2 atom stereocenters. The summed E-state index contributed by atoms with van der Waals surface area (Å²) in [6.07, 6.45) is 5.80. The predicted octanol–water partition coefficient (Wildman–Crippen LogP) is 4.81. The van der Waals surface area contributed by atoms with Crippen molar-refractivity contribution in [1.82, 2.24) is 4.90 Å². The highest BCUT2D eigenvalue weighted by Crippen LogP contribution is 2.38. The first-order chi connectivity index (χ1) is 11.8. The van der Waals surface area contributed by atoms with E-state index < -0.39 is 5.60 Å². The molecule has 2 unspecified atom stereocenters. The van der Waals surface area contributed by atoms with Crippen LogP contribution >= 0.6 is 0 Å². The molecule has 3 rings (SSSR count). The van der Waals surface area contributed by atoms with Crippen molar-refractivity contribution >= 4 is 11.7 Å². The minimum Gasteiger partial charge on any atom is -0.444 e. The molecule has 4 heteroatoms. The van der Waals surface area contributed by atoms with Crippen LogP contribution in [0.25, 0.3) is 5.57 Å². The SMILES string of the molecule is Cc1ccc(C#N)c(C2=CC3CCCC(C2)N3C(=O)OC(C)(C)C)c1. The number of benzene rings is 1. The molecular weight excluding hydrogens is 312 g/mol. The highest BCUT2D eigenvalue weighted by molar-refractivity contribution is 5.77. The second kappa shape index (κ2) is 6.55. The third-order valence-electron chi connectivity index (χ3n) is 4.88. The van der Waals surface area contributed by atoms with Gasteiger partial charge in [0.1, 0.15) is 5.60 Å². The largest absolute Gasteiger partial charge is 0.444 e. The number of ether oxygens (including phenoxy) is 1. The number of nitriles is 1. The highest BCUT2D eigenvalue weighted by Gasteiger charge is 2.39. The molecule has 0 aliphatic carbocycles. The summed E-state index contributed by atoms with van der Waals surface area (Å²) in [6, 6.07) is 8.47. The van der Waals surface area contributed by atoms with Crippen molar-refractivity contribution in [2.24, 2.45) is 0 Å². The van der Waals surface area contributed by atoms with E-state index in [1.807, 2.05) is 44.7 Å². The summed E-state index contributed by atoms with van der Waals surface area (Å²) in [4.78, 5) is 14.6. The summed E-state index contributed by atoms with van der Waals surface area (Å²) < 4.78 is 5.62. The number of hydrogen-bond acceptors (Lipinski definition) is 3. The number of amides is 1. The van der Waals surface area contributed by atoms with Gasteiger partial charge >= 0.3 is 6.09 Å². The van der Waals surface area contributed by atoms with Crippen LogP contribution in [-0.4, -0.2) is 28.7 Å². The molecule has 1 saturated heterocycles. The summed E-state index contributed by atoms with van der Waals surface area (Å²) in [6.45, 7) is 7.75. The lowest BCUT2D eigenvalue weighted by Crippen LogP contribution is -2.53. The molecule has 2 aliphatic heterocycles. The van der Waals surface area contributed by atoms with Crippen LogP contribution in [0.5, 0.6) is 0 Å². The zero-order valence-corrected chi connectivity index (χ0v) is 15.5. The van der Waals surface area contributed by atoms with Gasteiger partial charge < -0.3 is 4.74 Å². The Morgan fingerprint density at radius 3 is 2.72 bits per heavy atom. The van der Waals surface area contributed by atoms with Crippen molar-refractivity contribution in [2.45, 2.75) is 71.1 Å². The van der Waals surface area contributed by atoms with E-state index in [1.165, 1.54) is 5.57 Å². The standard InChI is InChI=1S/C21H26N2O2/c1-14-8-9-15(13-22)19(10-14)16-11-17-6-5-7-18(12-16)23(17)20(24)25-21(2,3)4/h8-11,17-18H,5-7,12H2,1-4H3. The van der Waals surface area contributed by atoms with E-state index in [9.17, 15) is 10.1 Å². The van der Waals surface area contributed by atoms with E-state index in [1.54, 1.807) is 0 Å². The molecule has 1 aromatic carbocycles. The van der Waals surface area contributed by atoms with E-state index in [-0.39, 0.29) is 18.2 Å². The third kappa shape index (κ3) is 3.71. The van der Waals surface area contributed by atoms with Crippen LogP contribution in [0.3, 0.4) is 0 Å². The summed E-state index contributed by atoms with van der Waals surface area (Å²) in [5, 5.41) is 9.45. The molecule has 25 heavy (non-hydrogen) atoms. The monoisotopic (exact) mass is 338 g/mol. The van der Waals surface area contributed by atoms with Crippen LogP contribution in [-0.2, 0) is 4.74 Å². The summed E-state index contributed by atoms with van der Waals surface area (Å²) in [7, 11) is 0. The molecular formula is C21H26N2O2. The molecule has 1 aromatic rings. The third-order valence-corrected chi connectivity index (χ3v) is 4.88. The molecule has 2 bridgehead atoms. The normalized spacial score (nSPS) is 22.8. The van der Waals surface area contributed by atoms with Crippen molar-refractivity contribution in [3.8, 4) is 6.07 Å². The average molecular weight is 338 g/mol. The minimum absolute atomic E-state index is 0.0596. The Morgan fingerprint density at radius 1 is 1.32 bits per heavy atom. The molecule has 0 saturated carbocycles. The highest BCUT2D eigenvalue weighted by atomic mass is 16.6. The Labute approximate surface area is 150 Å². The molecule has 0 radical (unpaired) electrons. The summed E-state index contributed by atoms with van der Waals surface area (Å²) in [5.74, 6) is 0. The van der Waals surface area contributed by atoms with Gasteiger partial charge in [-0.25, -0.2) is 4.79 Å². The quantitative estimate of drug-likeness (QED) is 0.738. The van der Waals surface area contributed by atoms with Gasteiger partial charge in [0.15, 0.2) is 0 Å². The van der Waals surface area contributed by atoms with Crippen molar-refractivity contribution in [3.05, 3.63) is 41.0 Å². The average Bonchev–Trinajstić information content (AvgIpc) is 2.51. The Balaban J connectivity index is 1.93. The van der Waals surface area contributed by atoms with Crippen LogP contribution < -0.4 is 0 Å². The fourth-order valence-electron chi connectivity index (χ4n) is 3.85. The molecule has 2 heterocycles.